The third-order valence-corrected chi connectivity index (χ3v) is 1.92. The Morgan fingerprint density at radius 2 is 1.86 bits per heavy atom. The average molecular weight is 226 g/mol. The van der Waals surface area contributed by atoms with E-state index in [0.29, 0.717) is 5.56 Å². The summed E-state index contributed by atoms with van der Waals surface area (Å²) in [6.45, 7) is 1.54. The number of hydrogen-bond acceptors (Lipinski definition) is 1. The van der Waals surface area contributed by atoms with Crippen LogP contribution in [0.3, 0.4) is 0 Å². The lowest BCUT2D eigenvalue weighted by Gasteiger charge is -2.13. The zero-order valence-electron chi connectivity index (χ0n) is 7.56. The van der Waals surface area contributed by atoms with Gasteiger partial charge < -0.3 is 5.73 Å². The molecule has 0 fully saturated rings. The van der Waals surface area contributed by atoms with E-state index in [4.69, 9.17) is 5.73 Å². The summed E-state index contributed by atoms with van der Waals surface area (Å²) in [7, 11) is 0. The van der Waals surface area contributed by atoms with Crippen LogP contribution in [0, 0.1) is 6.92 Å². The van der Waals surface area contributed by atoms with Crippen molar-refractivity contribution in [2.75, 3.05) is 0 Å². The molecule has 2 N–H and O–H groups in total. The van der Waals surface area contributed by atoms with Crippen LogP contribution < -0.4 is 5.73 Å². The van der Waals surface area contributed by atoms with Crippen molar-refractivity contribution >= 4 is 12.4 Å². The van der Waals surface area contributed by atoms with Crippen molar-refractivity contribution in [3.63, 3.8) is 0 Å². The molecular formula is C9H11ClF3N. The fourth-order valence-electron chi connectivity index (χ4n) is 1.24. The highest BCUT2D eigenvalue weighted by Gasteiger charge is 2.33. The predicted octanol–water partition coefficient (Wildman–Crippen LogP) is 2.89. The van der Waals surface area contributed by atoms with Crippen molar-refractivity contribution in [1.29, 1.82) is 0 Å². The molecule has 0 amide bonds. The van der Waals surface area contributed by atoms with Gasteiger partial charge in [-0.2, -0.15) is 13.2 Å². The molecule has 0 atom stereocenters. The summed E-state index contributed by atoms with van der Waals surface area (Å²) in [5.41, 5.74) is 5.38. The second-order valence-electron chi connectivity index (χ2n) is 2.80. The van der Waals surface area contributed by atoms with E-state index >= 15 is 0 Å². The number of halogens is 4. The molecule has 1 nitrogen and oxygen atoms in total. The van der Waals surface area contributed by atoms with Gasteiger partial charge in [0.1, 0.15) is 0 Å². The van der Waals surface area contributed by atoms with Gasteiger partial charge >= 0.3 is 6.18 Å². The van der Waals surface area contributed by atoms with Crippen LogP contribution in [0.15, 0.2) is 18.2 Å². The van der Waals surface area contributed by atoms with Gasteiger partial charge in [0.15, 0.2) is 0 Å². The van der Waals surface area contributed by atoms with Gasteiger partial charge in [-0.15, -0.1) is 12.4 Å². The summed E-state index contributed by atoms with van der Waals surface area (Å²) in [6.07, 6.45) is -4.30. The topological polar surface area (TPSA) is 26.0 Å². The van der Waals surface area contributed by atoms with Gasteiger partial charge in [0.2, 0.25) is 0 Å². The normalized spacial score (nSPS) is 10.9. The molecule has 0 aliphatic carbocycles. The highest BCUT2D eigenvalue weighted by atomic mass is 35.5. The first-order valence-electron chi connectivity index (χ1n) is 3.82. The van der Waals surface area contributed by atoms with Crippen molar-refractivity contribution in [3.8, 4) is 0 Å². The highest BCUT2D eigenvalue weighted by molar-refractivity contribution is 5.85. The van der Waals surface area contributed by atoms with Crippen molar-refractivity contribution in [2.24, 2.45) is 5.73 Å². The minimum Gasteiger partial charge on any atom is -0.326 e. The molecule has 1 aromatic carbocycles. The van der Waals surface area contributed by atoms with E-state index in [1.807, 2.05) is 0 Å². The molecule has 80 valence electrons. The van der Waals surface area contributed by atoms with Crippen LogP contribution in [-0.2, 0) is 12.7 Å². The highest BCUT2D eigenvalue weighted by Crippen LogP contribution is 2.32. The molecule has 5 heteroatoms. The molecule has 14 heavy (non-hydrogen) atoms. The number of alkyl halides is 3. The van der Waals surface area contributed by atoms with Crippen molar-refractivity contribution < 1.29 is 13.2 Å². The number of hydrogen-bond donors (Lipinski definition) is 1. The summed E-state index contributed by atoms with van der Waals surface area (Å²) in [6, 6.07) is 4.06. The first kappa shape index (κ1) is 13.3. The lowest BCUT2D eigenvalue weighted by Crippen LogP contribution is -2.13. The maximum absolute atomic E-state index is 12.4. The van der Waals surface area contributed by atoms with Gasteiger partial charge in [-0.25, -0.2) is 0 Å². The second-order valence-corrected chi connectivity index (χ2v) is 2.80. The van der Waals surface area contributed by atoms with E-state index in [2.05, 4.69) is 0 Å². The summed E-state index contributed by atoms with van der Waals surface area (Å²) in [4.78, 5) is 0. The number of aryl methyl sites for hydroxylation is 1. The first-order valence-corrected chi connectivity index (χ1v) is 3.82. The van der Waals surface area contributed by atoms with E-state index in [1.54, 1.807) is 13.0 Å². The minimum absolute atomic E-state index is 0. The largest absolute Gasteiger partial charge is 0.416 e. The van der Waals surface area contributed by atoms with Crippen LogP contribution in [0.25, 0.3) is 0 Å². The smallest absolute Gasteiger partial charge is 0.326 e. The number of rotatable bonds is 1. The number of nitrogens with two attached hydrogens (primary N) is 1. The van der Waals surface area contributed by atoms with Gasteiger partial charge in [-0.05, 0) is 24.1 Å². The molecule has 0 radical (unpaired) electrons. The molecule has 0 bridgehead atoms. The maximum Gasteiger partial charge on any atom is 0.416 e. The van der Waals surface area contributed by atoms with Crippen LogP contribution in [0.5, 0.6) is 0 Å². The van der Waals surface area contributed by atoms with Gasteiger partial charge in [-0.3, -0.25) is 0 Å². The fraction of sp³-hybridized carbons (Fsp3) is 0.333. The Morgan fingerprint density at radius 1 is 1.29 bits per heavy atom. The Kier molecular flexibility index (Phi) is 4.42. The van der Waals surface area contributed by atoms with Gasteiger partial charge in [0.25, 0.3) is 0 Å². The van der Waals surface area contributed by atoms with Crippen molar-refractivity contribution in [2.45, 2.75) is 19.6 Å². The van der Waals surface area contributed by atoms with Crippen LogP contribution in [-0.4, -0.2) is 0 Å². The zero-order valence-corrected chi connectivity index (χ0v) is 8.38. The zero-order chi connectivity index (χ0) is 10.1. The molecule has 1 aromatic rings. The quantitative estimate of drug-likeness (QED) is 0.782. The van der Waals surface area contributed by atoms with Crippen LogP contribution >= 0.6 is 12.4 Å². The maximum atomic E-state index is 12.4. The lowest BCUT2D eigenvalue weighted by atomic mass is 10.0. The summed E-state index contributed by atoms with van der Waals surface area (Å²) >= 11 is 0. The van der Waals surface area contributed by atoms with Crippen LogP contribution in [0.1, 0.15) is 16.7 Å². The third kappa shape index (κ3) is 2.62. The summed E-state index contributed by atoms with van der Waals surface area (Å²) in [5.74, 6) is 0. The summed E-state index contributed by atoms with van der Waals surface area (Å²) < 4.78 is 37.1. The monoisotopic (exact) mass is 225 g/mol. The van der Waals surface area contributed by atoms with Crippen molar-refractivity contribution in [1.82, 2.24) is 0 Å². The third-order valence-electron chi connectivity index (χ3n) is 1.92. The molecule has 0 spiro atoms. The molecule has 0 saturated heterocycles. The Hall–Kier alpha value is -0.740. The summed E-state index contributed by atoms with van der Waals surface area (Å²) in [5, 5.41) is 0. The van der Waals surface area contributed by atoms with Gasteiger partial charge in [0.05, 0.1) is 5.56 Å². The van der Waals surface area contributed by atoms with E-state index in [0.717, 1.165) is 6.07 Å². The molecular weight excluding hydrogens is 215 g/mol. The molecule has 0 heterocycles. The first-order chi connectivity index (χ1) is 5.96. The fourth-order valence-corrected chi connectivity index (χ4v) is 1.24. The predicted molar refractivity (Wildman–Crippen MR) is 51.3 cm³/mol. The van der Waals surface area contributed by atoms with E-state index < -0.39 is 11.7 Å². The molecule has 0 unspecified atom stereocenters. The van der Waals surface area contributed by atoms with E-state index in [1.165, 1.54) is 6.07 Å². The van der Waals surface area contributed by atoms with Crippen molar-refractivity contribution in [3.05, 3.63) is 34.9 Å². The lowest BCUT2D eigenvalue weighted by molar-refractivity contribution is -0.138. The van der Waals surface area contributed by atoms with E-state index in [-0.39, 0.29) is 24.5 Å². The molecule has 0 aromatic heterocycles. The van der Waals surface area contributed by atoms with E-state index in [9.17, 15) is 13.2 Å². The molecule has 0 aliphatic heterocycles. The molecule has 0 aliphatic rings. The van der Waals surface area contributed by atoms with Crippen LogP contribution in [0.4, 0.5) is 13.2 Å². The number of benzene rings is 1. The Labute approximate surface area is 86.5 Å². The second kappa shape index (κ2) is 4.66. The Balaban J connectivity index is 0.00000169. The SMILES string of the molecule is Cc1cccc(C(F)(F)F)c1CN.Cl. The van der Waals surface area contributed by atoms with Gasteiger partial charge in [0, 0.05) is 6.54 Å². The van der Waals surface area contributed by atoms with Crippen LogP contribution in [0.2, 0.25) is 0 Å². The Morgan fingerprint density at radius 3 is 2.21 bits per heavy atom. The molecule has 1 rings (SSSR count). The standard InChI is InChI=1S/C9H10F3N.ClH/c1-6-3-2-4-8(7(6)5-13)9(10,11)12;/h2-4H,5,13H2,1H3;1H. The van der Waals surface area contributed by atoms with Gasteiger partial charge in [-0.1, -0.05) is 12.1 Å². The minimum atomic E-state index is -4.30. The molecule has 0 saturated carbocycles. The Bertz CT molecular complexity index is 309. The average Bonchev–Trinajstić information content (AvgIpc) is 2.02.